The number of rotatable bonds is 6. The molecule has 0 aliphatic carbocycles. The molecular formula is C19H20IN3O2. The van der Waals surface area contributed by atoms with Crippen molar-refractivity contribution in [3.8, 4) is 0 Å². The van der Waals surface area contributed by atoms with Gasteiger partial charge in [-0.25, -0.2) is 0 Å². The Kier molecular flexibility index (Phi) is 7.00. The fraction of sp³-hybridized carbons (Fsp3) is 0.158. The first-order chi connectivity index (χ1) is 12.0. The molecule has 6 heteroatoms. The van der Waals surface area contributed by atoms with Crippen molar-refractivity contribution in [2.45, 2.75) is 20.3 Å². The maximum atomic E-state index is 12.1. The fourth-order valence-electron chi connectivity index (χ4n) is 2.21. The molecule has 0 spiro atoms. The lowest BCUT2D eigenvalue weighted by molar-refractivity contribution is -0.112. The average Bonchev–Trinajstić information content (AvgIpc) is 2.60. The van der Waals surface area contributed by atoms with Gasteiger partial charge in [-0.15, -0.1) is 0 Å². The quantitative estimate of drug-likeness (QED) is 0.359. The van der Waals surface area contributed by atoms with Crippen molar-refractivity contribution in [1.29, 1.82) is 0 Å². The molecule has 0 aliphatic rings. The van der Waals surface area contributed by atoms with Crippen molar-refractivity contribution >= 4 is 40.1 Å². The van der Waals surface area contributed by atoms with E-state index in [0.717, 1.165) is 21.2 Å². The smallest absolute Gasteiger partial charge is 0.269 e. The lowest BCUT2D eigenvalue weighted by Gasteiger charge is -2.10. The van der Waals surface area contributed by atoms with Crippen LogP contribution in [0, 0.1) is 3.57 Å². The number of halogens is 1. The van der Waals surface area contributed by atoms with E-state index in [0.29, 0.717) is 11.3 Å². The number of carbonyl (C=O) groups is 2. The van der Waals surface area contributed by atoms with Crippen LogP contribution in [-0.2, 0) is 11.2 Å². The maximum Gasteiger partial charge on any atom is 0.269 e. The average molecular weight is 449 g/mol. The van der Waals surface area contributed by atoms with Gasteiger partial charge in [0.25, 0.3) is 5.91 Å². The Morgan fingerprint density at radius 3 is 2.56 bits per heavy atom. The molecule has 0 atom stereocenters. The number of hydrazine groups is 1. The number of anilines is 1. The fourth-order valence-corrected chi connectivity index (χ4v) is 2.75. The predicted octanol–water partition coefficient (Wildman–Crippen LogP) is 3.63. The molecule has 5 nitrogen and oxygen atoms in total. The van der Waals surface area contributed by atoms with Crippen LogP contribution in [0.5, 0.6) is 0 Å². The highest BCUT2D eigenvalue weighted by molar-refractivity contribution is 14.1. The van der Waals surface area contributed by atoms with E-state index in [1.807, 2.05) is 43.3 Å². The van der Waals surface area contributed by atoms with Crippen molar-refractivity contribution in [2.75, 3.05) is 5.32 Å². The van der Waals surface area contributed by atoms with E-state index in [1.165, 1.54) is 6.08 Å². The zero-order valence-electron chi connectivity index (χ0n) is 14.1. The Labute approximate surface area is 161 Å². The first kappa shape index (κ1) is 19.0. The number of aryl methyl sites for hydroxylation is 1. The van der Waals surface area contributed by atoms with E-state index >= 15 is 0 Å². The number of carbonyl (C=O) groups excluding carboxylic acids is 2. The van der Waals surface area contributed by atoms with Crippen LogP contribution in [0.4, 0.5) is 5.69 Å². The Hall–Kier alpha value is -2.35. The van der Waals surface area contributed by atoms with Gasteiger partial charge in [-0.05, 0) is 65.8 Å². The second-order valence-electron chi connectivity index (χ2n) is 5.42. The van der Waals surface area contributed by atoms with Crippen LogP contribution in [0.15, 0.2) is 60.3 Å². The highest BCUT2D eigenvalue weighted by Crippen LogP contribution is 2.15. The minimum absolute atomic E-state index is 0.255. The van der Waals surface area contributed by atoms with Crippen molar-refractivity contribution in [3.63, 3.8) is 0 Å². The molecule has 2 rings (SSSR count). The molecule has 2 amide bonds. The van der Waals surface area contributed by atoms with Crippen LogP contribution >= 0.6 is 22.6 Å². The molecule has 2 aromatic rings. The zero-order chi connectivity index (χ0) is 18.2. The normalized spacial score (nSPS) is 10.9. The number of hydrogen-bond donors (Lipinski definition) is 3. The Balaban J connectivity index is 1.92. The Morgan fingerprint density at radius 1 is 1.08 bits per heavy atom. The van der Waals surface area contributed by atoms with E-state index in [9.17, 15) is 9.59 Å². The molecule has 0 aromatic heterocycles. The molecule has 0 unspecified atom stereocenters. The molecule has 0 bridgehead atoms. The van der Waals surface area contributed by atoms with Gasteiger partial charge in [0.05, 0.1) is 0 Å². The van der Waals surface area contributed by atoms with Crippen molar-refractivity contribution < 1.29 is 9.59 Å². The molecule has 0 fully saturated rings. The molecule has 3 N–H and O–H groups in total. The molecule has 0 saturated heterocycles. The summed E-state index contributed by atoms with van der Waals surface area (Å²) in [6, 6.07) is 14.9. The van der Waals surface area contributed by atoms with Crippen molar-refractivity contribution in [2.24, 2.45) is 0 Å². The number of para-hydroxylation sites is 1. The molecule has 2 aromatic carbocycles. The second kappa shape index (κ2) is 9.22. The number of amides is 2. The molecule has 0 saturated carbocycles. The van der Waals surface area contributed by atoms with Gasteiger partial charge in [-0.2, -0.15) is 0 Å². The van der Waals surface area contributed by atoms with Crippen molar-refractivity contribution in [3.05, 3.63) is 75.0 Å². The predicted molar refractivity (Wildman–Crippen MR) is 108 cm³/mol. The third kappa shape index (κ3) is 5.90. The van der Waals surface area contributed by atoms with Gasteiger partial charge in [-0.3, -0.25) is 15.0 Å². The monoisotopic (exact) mass is 449 g/mol. The van der Waals surface area contributed by atoms with Gasteiger partial charge in [0.15, 0.2) is 0 Å². The molecule has 130 valence electrons. The van der Waals surface area contributed by atoms with Gasteiger partial charge < -0.3 is 10.7 Å². The highest BCUT2D eigenvalue weighted by atomic mass is 127. The summed E-state index contributed by atoms with van der Waals surface area (Å²) in [6.45, 7) is 3.74. The molecule has 25 heavy (non-hydrogen) atoms. The van der Waals surface area contributed by atoms with Crippen LogP contribution in [0.25, 0.3) is 0 Å². The number of allylic oxidation sites excluding steroid dienone is 1. The maximum absolute atomic E-state index is 12.1. The van der Waals surface area contributed by atoms with Crippen LogP contribution in [0.3, 0.4) is 0 Å². The van der Waals surface area contributed by atoms with Gasteiger partial charge in [0.2, 0.25) is 5.91 Å². The number of hydrogen-bond acceptors (Lipinski definition) is 3. The van der Waals surface area contributed by atoms with Crippen LogP contribution in [0.1, 0.15) is 29.8 Å². The summed E-state index contributed by atoms with van der Waals surface area (Å²) in [5.74, 6) is -0.516. The van der Waals surface area contributed by atoms with Crippen LogP contribution in [-0.4, -0.2) is 11.8 Å². The third-order valence-corrected chi connectivity index (χ3v) is 4.13. The topological polar surface area (TPSA) is 70.2 Å². The summed E-state index contributed by atoms with van der Waals surface area (Å²) < 4.78 is 0.978. The van der Waals surface area contributed by atoms with E-state index in [4.69, 9.17) is 0 Å². The SMILES string of the molecule is CCc1ccccc1NC(=O)C=C(C)NNC(=O)c1cccc(I)c1. The largest absolute Gasteiger partial charge is 0.322 e. The van der Waals surface area contributed by atoms with Gasteiger partial charge >= 0.3 is 0 Å². The van der Waals surface area contributed by atoms with Gasteiger partial charge in [-0.1, -0.05) is 31.2 Å². The van der Waals surface area contributed by atoms with E-state index in [-0.39, 0.29) is 11.8 Å². The molecule has 0 heterocycles. The van der Waals surface area contributed by atoms with E-state index < -0.39 is 0 Å². The summed E-state index contributed by atoms with van der Waals surface area (Å²) in [5, 5.41) is 2.85. The standard InChI is InChI=1S/C19H20IN3O2/c1-3-14-7-4-5-10-17(14)21-18(24)11-13(2)22-23-19(25)15-8-6-9-16(20)12-15/h4-12,22H,3H2,1-2H3,(H,21,24)(H,23,25). The zero-order valence-corrected chi connectivity index (χ0v) is 16.3. The summed E-state index contributed by atoms with van der Waals surface area (Å²) >= 11 is 2.15. The summed E-state index contributed by atoms with van der Waals surface area (Å²) in [7, 11) is 0. The van der Waals surface area contributed by atoms with E-state index in [2.05, 4.69) is 38.8 Å². The lowest BCUT2D eigenvalue weighted by atomic mass is 10.1. The Bertz CT molecular complexity index is 803. The number of nitrogens with one attached hydrogen (secondary N) is 3. The van der Waals surface area contributed by atoms with E-state index in [1.54, 1.807) is 19.1 Å². The Morgan fingerprint density at radius 2 is 1.84 bits per heavy atom. The summed E-state index contributed by atoms with van der Waals surface area (Å²) in [5.41, 5.74) is 8.27. The minimum Gasteiger partial charge on any atom is -0.322 e. The molecular weight excluding hydrogens is 429 g/mol. The first-order valence-electron chi connectivity index (χ1n) is 7.88. The minimum atomic E-state index is -0.261. The third-order valence-electron chi connectivity index (χ3n) is 3.46. The summed E-state index contributed by atoms with van der Waals surface area (Å²) in [6.07, 6.45) is 2.24. The summed E-state index contributed by atoms with van der Waals surface area (Å²) in [4.78, 5) is 24.2. The first-order valence-corrected chi connectivity index (χ1v) is 8.96. The highest BCUT2D eigenvalue weighted by Gasteiger charge is 2.06. The lowest BCUT2D eigenvalue weighted by Crippen LogP contribution is -2.36. The number of benzene rings is 2. The second-order valence-corrected chi connectivity index (χ2v) is 6.66. The molecule has 0 radical (unpaired) electrons. The van der Waals surface area contributed by atoms with Gasteiger partial charge in [0.1, 0.15) is 0 Å². The van der Waals surface area contributed by atoms with Gasteiger partial charge in [0, 0.05) is 26.6 Å². The molecule has 0 aliphatic heterocycles. The van der Waals surface area contributed by atoms with Crippen LogP contribution in [0.2, 0.25) is 0 Å². The van der Waals surface area contributed by atoms with Crippen LogP contribution < -0.4 is 16.2 Å². The van der Waals surface area contributed by atoms with Crippen molar-refractivity contribution in [1.82, 2.24) is 10.9 Å².